The van der Waals surface area contributed by atoms with Gasteiger partial charge in [0, 0.05) is 18.7 Å². The van der Waals surface area contributed by atoms with Gasteiger partial charge in [-0.05, 0) is 38.0 Å². The highest BCUT2D eigenvalue weighted by Crippen LogP contribution is 2.23. The second-order valence-corrected chi connectivity index (χ2v) is 4.92. The normalized spacial score (nSPS) is 16.4. The molecule has 0 bridgehead atoms. The van der Waals surface area contributed by atoms with Crippen LogP contribution in [0.3, 0.4) is 0 Å². The van der Waals surface area contributed by atoms with E-state index in [9.17, 15) is 4.39 Å². The summed E-state index contributed by atoms with van der Waals surface area (Å²) in [4.78, 5) is 1.91. The minimum Gasteiger partial charge on any atom is -0.360 e. The minimum absolute atomic E-state index is 0.0602. The number of hydrogen-bond acceptors (Lipinski definition) is 1. The van der Waals surface area contributed by atoms with Gasteiger partial charge in [0.05, 0.1) is 6.04 Å². The molecule has 0 amide bonds. The lowest BCUT2D eigenvalue weighted by Gasteiger charge is -2.28. The van der Waals surface area contributed by atoms with E-state index >= 15 is 0 Å². The van der Waals surface area contributed by atoms with Crippen LogP contribution in [0.5, 0.6) is 0 Å². The summed E-state index contributed by atoms with van der Waals surface area (Å²) in [5.74, 6) is -0.180. The summed E-state index contributed by atoms with van der Waals surface area (Å²) in [5.41, 5.74) is 0.676. The molecule has 1 N–H and O–H groups in total. The Hall–Kier alpha value is -1.16. The van der Waals surface area contributed by atoms with Crippen molar-refractivity contribution in [3.8, 4) is 0 Å². The van der Waals surface area contributed by atoms with Gasteiger partial charge in [0.2, 0.25) is 0 Å². The summed E-state index contributed by atoms with van der Waals surface area (Å²) in [6.07, 6.45) is 2.37. The molecule has 0 heterocycles. The largest absolute Gasteiger partial charge is 0.360 e. The van der Waals surface area contributed by atoms with Crippen LogP contribution >= 0.6 is 12.2 Å². The molecular formula is C13H17FN2S. The Bertz CT molecular complexity index is 418. The third kappa shape index (κ3) is 2.94. The summed E-state index contributed by atoms with van der Waals surface area (Å²) in [6.45, 7) is 1.96. The van der Waals surface area contributed by atoms with Crippen LogP contribution < -0.4 is 5.32 Å². The lowest BCUT2D eigenvalue weighted by atomic mass is 10.1. The first-order chi connectivity index (χ1) is 8.09. The van der Waals surface area contributed by atoms with Crippen LogP contribution in [0, 0.1) is 5.82 Å². The van der Waals surface area contributed by atoms with Crippen molar-refractivity contribution in [3.05, 3.63) is 35.6 Å². The van der Waals surface area contributed by atoms with E-state index in [0.29, 0.717) is 16.7 Å². The molecule has 0 saturated heterocycles. The Morgan fingerprint density at radius 3 is 2.71 bits per heavy atom. The van der Waals surface area contributed by atoms with E-state index in [1.165, 1.54) is 18.9 Å². The Kier molecular flexibility index (Phi) is 3.62. The second kappa shape index (κ2) is 5.00. The maximum absolute atomic E-state index is 13.6. The van der Waals surface area contributed by atoms with Crippen LogP contribution in [-0.4, -0.2) is 23.1 Å². The summed E-state index contributed by atoms with van der Waals surface area (Å²) < 4.78 is 13.6. The van der Waals surface area contributed by atoms with Crippen molar-refractivity contribution in [1.82, 2.24) is 10.2 Å². The number of benzene rings is 1. The summed E-state index contributed by atoms with van der Waals surface area (Å²) in [5, 5.41) is 3.96. The number of rotatable bonds is 3. The molecule has 0 spiro atoms. The summed E-state index contributed by atoms with van der Waals surface area (Å²) >= 11 is 5.30. The van der Waals surface area contributed by atoms with Gasteiger partial charge in [-0.3, -0.25) is 0 Å². The standard InChI is InChI=1S/C13H17FN2S/c1-9(11-5-3-4-6-12(11)14)16(2)13(17)15-10-7-8-10/h3-6,9-10H,7-8H2,1-2H3,(H,15,17). The fourth-order valence-electron chi connectivity index (χ4n) is 1.70. The SMILES string of the molecule is CC(c1ccccc1F)N(C)C(=S)NC1CC1. The zero-order valence-electron chi connectivity index (χ0n) is 10.1. The van der Waals surface area contributed by atoms with Crippen LogP contribution in [0.1, 0.15) is 31.4 Å². The van der Waals surface area contributed by atoms with Crippen LogP contribution in [0.2, 0.25) is 0 Å². The van der Waals surface area contributed by atoms with Gasteiger partial charge in [-0.1, -0.05) is 18.2 Å². The van der Waals surface area contributed by atoms with Gasteiger partial charge < -0.3 is 10.2 Å². The second-order valence-electron chi connectivity index (χ2n) is 4.53. The van der Waals surface area contributed by atoms with E-state index in [2.05, 4.69) is 5.32 Å². The molecule has 1 saturated carbocycles. The van der Waals surface area contributed by atoms with E-state index in [1.54, 1.807) is 12.1 Å². The maximum atomic E-state index is 13.6. The third-order valence-corrected chi connectivity index (χ3v) is 3.57. The lowest BCUT2D eigenvalue weighted by molar-refractivity contribution is 0.382. The fourth-order valence-corrected chi connectivity index (χ4v) is 2.03. The van der Waals surface area contributed by atoms with Crippen LogP contribution in [-0.2, 0) is 0 Å². The van der Waals surface area contributed by atoms with Gasteiger partial charge in [-0.25, -0.2) is 4.39 Å². The molecule has 1 atom stereocenters. The van der Waals surface area contributed by atoms with Gasteiger partial charge in [-0.15, -0.1) is 0 Å². The Balaban J connectivity index is 2.05. The molecular weight excluding hydrogens is 235 g/mol. The minimum atomic E-state index is -0.180. The monoisotopic (exact) mass is 252 g/mol. The molecule has 92 valence electrons. The first-order valence-electron chi connectivity index (χ1n) is 5.87. The van der Waals surface area contributed by atoms with E-state index in [0.717, 1.165) is 0 Å². The van der Waals surface area contributed by atoms with Crippen molar-refractivity contribution < 1.29 is 4.39 Å². The molecule has 2 nitrogen and oxygen atoms in total. The maximum Gasteiger partial charge on any atom is 0.169 e. The number of halogens is 1. The van der Waals surface area contributed by atoms with E-state index in [1.807, 2.05) is 24.9 Å². The first-order valence-corrected chi connectivity index (χ1v) is 6.28. The van der Waals surface area contributed by atoms with Gasteiger partial charge in [-0.2, -0.15) is 0 Å². The topological polar surface area (TPSA) is 15.3 Å². The highest BCUT2D eigenvalue weighted by molar-refractivity contribution is 7.80. The zero-order valence-corrected chi connectivity index (χ0v) is 10.9. The zero-order chi connectivity index (χ0) is 12.4. The molecule has 2 rings (SSSR count). The molecule has 4 heteroatoms. The smallest absolute Gasteiger partial charge is 0.169 e. The Morgan fingerprint density at radius 2 is 2.12 bits per heavy atom. The van der Waals surface area contributed by atoms with Gasteiger partial charge >= 0.3 is 0 Å². The van der Waals surface area contributed by atoms with Crippen molar-refractivity contribution >= 4 is 17.3 Å². The molecule has 1 aliphatic carbocycles. The molecule has 0 aliphatic heterocycles. The molecule has 1 aliphatic rings. The van der Waals surface area contributed by atoms with Crippen molar-refractivity contribution in [1.29, 1.82) is 0 Å². The number of nitrogens with one attached hydrogen (secondary N) is 1. The van der Waals surface area contributed by atoms with E-state index in [4.69, 9.17) is 12.2 Å². The van der Waals surface area contributed by atoms with Crippen molar-refractivity contribution in [2.75, 3.05) is 7.05 Å². The van der Waals surface area contributed by atoms with E-state index in [-0.39, 0.29) is 11.9 Å². The molecule has 1 aromatic carbocycles. The first kappa shape index (κ1) is 12.3. The predicted octanol–water partition coefficient (Wildman–Crippen LogP) is 2.86. The molecule has 0 radical (unpaired) electrons. The average molecular weight is 252 g/mol. The summed E-state index contributed by atoms with van der Waals surface area (Å²) in [7, 11) is 1.90. The predicted molar refractivity (Wildman–Crippen MR) is 71.3 cm³/mol. The lowest BCUT2D eigenvalue weighted by Crippen LogP contribution is -2.39. The molecule has 1 fully saturated rings. The molecule has 17 heavy (non-hydrogen) atoms. The highest BCUT2D eigenvalue weighted by Gasteiger charge is 2.25. The molecule has 1 aromatic rings. The van der Waals surface area contributed by atoms with Crippen molar-refractivity contribution in [2.45, 2.75) is 31.8 Å². The summed E-state index contributed by atoms with van der Waals surface area (Å²) in [6, 6.07) is 7.30. The van der Waals surface area contributed by atoms with Crippen LogP contribution in [0.25, 0.3) is 0 Å². The van der Waals surface area contributed by atoms with Crippen LogP contribution in [0.4, 0.5) is 4.39 Å². The number of nitrogens with zero attached hydrogens (tertiary/aromatic N) is 1. The van der Waals surface area contributed by atoms with Gasteiger partial charge in [0.15, 0.2) is 5.11 Å². The highest BCUT2D eigenvalue weighted by atomic mass is 32.1. The van der Waals surface area contributed by atoms with E-state index < -0.39 is 0 Å². The quantitative estimate of drug-likeness (QED) is 0.833. The van der Waals surface area contributed by atoms with Gasteiger partial charge in [0.1, 0.15) is 5.82 Å². The molecule has 1 unspecified atom stereocenters. The Labute approximate surface area is 107 Å². The van der Waals surface area contributed by atoms with Gasteiger partial charge in [0.25, 0.3) is 0 Å². The van der Waals surface area contributed by atoms with Crippen molar-refractivity contribution in [3.63, 3.8) is 0 Å². The number of hydrogen-bond donors (Lipinski definition) is 1. The fraction of sp³-hybridized carbons (Fsp3) is 0.462. The third-order valence-electron chi connectivity index (χ3n) is 3.16. The Morgan fingerprint density at radius 1 is 1.47 bits per heavy atom. The number of thiocarbonyl (C=S) groups is 1. The molecule has 0 aromatic heterocycles. The average Bonchev–Trinajstić information content (AvgIpc) is 3.11. The van der Waals surface area contributed by atoms with Crippen molar-refractivity contribution in [2.24, 2.45) is 0 Å². The van der Waals surface area contributed by atoms with Crippen LogP contribution in [0.15, 0.2) is 24.3 Å².